The molecule has 1 saturated heterocycles. The lowest BCUT2D eigenvalue weighted by molar-refractivity contribution is -0.137. The maximum absolute atomic E-state index is 12.7. The lowest BCUT2D eigenvalue weighted by atomic mass is 9.73. The summed E-state index contributed by atoms with van der Waals surface area (Å²) in [4.78, 5) is 37.8. The van der Waals surface area contributed by atoms with E-state index in [9.17, 15) is 14.4 Å². The summed E-state index contributed by atoms with van der Waals surface area (Å²) in [6, 6.07) is -0.471. The Balaban J connectivity index is 2.02. The molecule has 1 aliphatic carbocycles. The molecule has 4 amide bonds. The molecule has 22 heavy (non-hydrogen) atoms. The van der Waals surface area contributed by atoms with E-state index in [-0.39, 0.29) is 30.8 Å². The molecule has 7 heteroatoms. The molecule has 2 aliphatic rings. The van der Waals surface area contributed by atoms with Crippen LogP contribution in [0.25, 0.3) is 0 Å². The van der Waals surface area contributed by atoms with Gasteiger partial charge in [-0.25, -0.2) is 4.79 Å². The minimum absolute atomic E-state index is 0.0914. The third-order valence-electron chi connectivity index (χ3n) is 4.54. The van der Waals surface area contributed by atoms with Gasteiger partial charge in [0.05, 0.1) is 0 Å². The van der Waals surface area contributed by atoms with Crippen molar-refractivity contribution in [2.45, 2.75) is 57.5 Å². The van der Waals surface area contributed by atoms with Crippen LogP contribution in [-0.2, 0) is 9.59 Å². The number of carbonyl (C=O) groups excluding carboxylic acids is 3. The van der Waals surface area contributed by atoms with E-state index in [1.54, 1.807) is 13.8 Å². The minimum atomic E-state index is -0.817. The van der Waals surface area contributed by atoms with Gasteiger partial charge in [0.1, 0.15) is 12.1 Å². The van der Waals surface area contributed by atoms with Crippen molar-refractivity contribution in [1.29, 1.82) is 0 Å². The first-order valence-electron chi connectivity index (χ1n) is 7.85. The van der Waals surface area contributed by atoms with Crippen molar-refractivity contribution in [3.63, 3.8) is 0 Å². The number of nitrogens with zero attached hydrogens (tertiary/aromatic N) is 1. The van der Waals surface area contributed by atoms with Crippen molar-refractivity contribution in [3.8, 4) is 0 Å². The topological polar surface area (TPSA) is 105 Å². The second-order valence-corrected chi connectivity index (χ2v) is 7.20. The number of imide groups is 1. The summed E-state index contributed by atoms with van der Waals surface area (Å²) >= 11 is 0. The van der Waals surface area contributed by atoms with E-state index in [4.69, 9.17) is 5.73 Å². The van der Waals surface area contributed by atoms with Gasteiger partial charge < -0.3 is 16.4 Å². The van der Waals surface area contributed by atoms with Gasteiger partial charge in [-0.3, -0.25) is 14.5 Å². The summed E-state index contributed by atoms with van der Waals surface area (Å²) in [7, 11) is 0. The Hall–Kier alpha value is -1.63. The zero-order valence-electron chi connectivity index (χ0n) is 13.6. The fraction of sp³-hybridized carbons (Fsp3) is 0.800. The van der Waals surface area contributed by atoms with Gasteiger partial charge in [0, 0.05) is 12.1 Å². The minimum Gasteiger partial charge on any atom is -0.353 e. The maximum Gasteiger partial charge on any atom is 0.325 e. The summed E-state index contributed by atoms with van der Waals surface area (Å²) in [6.07, 6.45) is 3.54. The Morgan fingerprint density at radius 3 is 2.73 bits per heavy atom. The average Bonchev–Trinajstić information content (AvgIpc) is 2.65. The zero-order valence-corrected chi connectivity index (χ0v) is 13.6. The SMILES string of the molecule is CC1CCCCC12NC(=O)N(CC(=O)NCC(C)(C)N)C2=O. The molecule has 0 aromatic rings. The molecule has 2 unspecified atom stereocenters. The molecule has 1 aliphatic heterocycles. The van der Waals surface area contributed by atoms with E-state index in [2.05, 4.69) is 10.6 Å². The Bertz CT molecular complexity index is 486. The van der Waals surface area contributed by atoms with Crippen LogP contribution in [0, 0.1) is 5.92 Å². The van der Waals surface area contributed by atoms with E-state index < -0.39 is 17.1 Å². The summed E-state index contributed by atoms with van der Waals surface area (Å²) in [5.74, 6) is -0.553. The van der Waals surface area contributed by atoms with Gasteiger partial charge in [0.15, 0.2) is 0 Å². The van der Waals surface area contributed by atoms with Gasteiger partial charge in [-0.05, 0) is 32.6 Å². The quantitative estimate of drug-likeness (QED) is 0.651. The van der Waals surface area contributed by atoms with Gasteiger partial charge >= 0.3 is 6.03 Å². The molecule has 2 rings (SSSR count). The summed E-state index contributed by atoms with van der Waals surface area (Å²) in [5, 5.41) is 5.48. The highest BCUT2D eigenvalue weighted by Crippen LogP contribution is 2.38. The van der Waals surface area contributed by atoms with E-state index in [0.29, 0.717) is 6.42 Å². The summed E-state index contributed by atoms with van der Waals surface area (Å²) in [6.45, 7) is 5.60. The van der Waals surface area contributed by atoms with Gasteiger partial charge in [0.25, 0.3) is 5.91 Å². The number of amides is 4. The highest BCUT2D eigenvalue weighted by Gasteiger charge is 2.55. The molecule has 0 aromatic carbocycles. The third kappa shape index (κ3) is 3.24. The monoisotopic (exact) mass is 310 g/mol. The fourth-order valence-corrected chi connectivity index (χ4v) is 3.16. The van der Waals surface area contributed by atoms with Crippen molar-refractivity contribution in [3.05, 3.63) is 0 Å². The Morgan fingerprint density at radius 2 is 2.14 bits per heavy atom. The molecule has 1 spiro atoms. The number of hydrogen-bond donors (Lipinski definition) is 3. The highest BCUT2D eigenvalue weighted by molar-refractivity contribution is 6.09. The molecular formula is C15H26N4O3. The van der Waals surface area contributed by atoms with Crippen molar-refractivity contribution >= 4 is 17.8 Å². The molecule has 0 aromatic heterocycles. The molecule has 1 heterocycles. The molecular weight excluding hydrogens is 284 g/mol. The van der Waals surface area contributed by atoms with Crippen LogP contribution < -0.4 is 16.4 Å². The van der Waals surface area contributed by atoms with E-state index >= 15 is 0 Å². The molecule has 0 bridgehead atoms. The van der Waals surface area contributed by atoms with Crippen LogP contribution in [0.2, 0.25) is 0 Å². The van der Waals surface area contributed by atoms with Crippen LogP contribution in [0.4, 0.5) is 4.79 Å². The van der Waals surface area contributed by atoms with Crippen LogP contribution in [0.5, 0.6) is 0 Å². The lowest BCUT2D eigenvalue weighted by Crippen LogP contribution is -2.54. The molecule has 0 radical (unpaired) electrons. The predicted octanol–water partition coefficient (Wildman–Crippen LogP) is 0.341. The fourth-order valence-electron chi connectivity index (χ4n) is 3.16. The number of urea groups is 1. The van der Waals surface area contributed by atoms with Gasteiger partial charge in [-0.15, -0.1) is 0 Å². The number of nitrogens with two attached hydrogens (primary N) is 1. The first kappa shape index (κ1) is 16.7. The number of rotatable bonds is 4. The number of nitrogens with one attached hydrogen (secondary N) is 2. The van der Waals surface area contributed by atoms with Gasteiger partial charge in [-0.2, -0.15) is 0 Å². The second kappa shape index (κ2) is 5.87. The first-order chi connectivity index (χ1) is 10.2. The number of hydrogen-bond acceptors (Lipinski definition) is 4. The molecule has 2 fully saturated rings. The third-order valence-corrected chi connectivity index (χ3v) is 4.54. The summed E-state index contributed by atoms with van der Waals surface area (Å²) < 4.78 is 0. The van der Waals surface area contributed by atoms with Crippen LogP contribution in [0.15, 0.2) is 0 Å². The molecule has 1 saturated carbocycles. The van der Waals surface area contributed by atoms with Crippen LogP contribution in [-0.4, -0.2) is 46.9 Å². The second-order valence-electron chi connectivity index (χ2n) is 7.20. The largest absolute Gasteiger partial charge is 0.353 e. The Kier molecular flexibility index (Phi) is 4.47. The normalized spacial score (nSPS) is 28.9. The zero-order chi connectivity index (χ0) is 16.5. The highest BCUT2D eigenvalue weighted by atomic mass is 16.2. The van der Waals surface area contributed by atoms with Crippen molar-refractivity contribution in [2.75, 3.05) is 13.1 Å². The van der Waals surface area contributed by atoms with Crippen LogP contribution in [0.1, 0.15) is 46.5 Å². The van der Waals surface area contributed by atoms with Crippen LogP contribution in [0.3, 0.4) is 0 Å². The Labute approximate surface area is 131 Å². The average molecular weight is 310 g/mol. The van der Waals surface area contributed by atoms with E-state index in [1.165, 1.54) is 0 Å². The van der Waals surface area contributed by atoms with Crippen molar-refractivity contribution < 1.29 is 14.4 Å². The van der Waals surface area contributed by atoms with E-state index in [1.807, 2.05) is 6.92 Å². The van der Waals surface area contributed by atoms with Gasteiger partial charge in [-0.1, -0.05) is 19.8 Å². The smallest absolute Gasteiger partial charge is 0.325 e. The van der Waals surface area contributed by atoms with Crippen LogP contribution >= 0.6 is 0 Å². The predicted molar refractivity (Wildman–Crippen MR) is 81.9 cm³/mol. The standard InChI is InChI=1S/C15H26N4O3/c1-10-6-4-5-7-15(10)12(21)19(13(22)18-15)8-11(20)17-9-14(2,3)16/h10H,4-9,16H2,1-3H3,(H,17,20)(H,18,22). The maximum atomic E-state index is 12.7. The number of carbonyl (C=O) groups is 3. The first-order valence-corrected chi connectivity index (χ1v) is 7.85. The van der Waals surface area contributed by atoms with Crippen molar-refractivity contribution in [2.24, 2.45) is 11.7 Å². The molecule has 7 nitrogen and oxygen atoms in total. The Morgan fingerprint density at radius 1 is 1.45 bits per heavy atom. The van der Waals surface area contributed by atoms with Gasteiger partial charge in [0.2, 0.25) is 5.91 Å². The van der Waals surface area contributed by atoms with E-state index in [0.717, 1.165) is 24.2 Å². The summed E-state index contributed by atoms with van der Waals surface area (Å²) in [5.41, 5.74) is 4.45. The molecule has 4 N–H and O–H groups in total. The molecule has 2 atom stereocenters. The lowest BCUT2D eigenvalue weighted by Gasteiger charge is -2.36. The van der Waals surface area contributed by atoms with Crippen molar-refractivity contribution in [1.82, 2.24) is 15.5 Å². The molecule has 124 valence electrons.